The average molecular weight is 132 g/mol. The maximum absolute atomic E-state index is 8.89. The molecule has 0 rings (SSSR count). The molecular weight excluding hydrogens is 123 g/mol. The summed E-state index contributed by atoms with van der Waals surface area (Å²) >= 11 is 0. The second-order valence-corrected chi connectivity index (χ2v) is 0.492. The molecule has 0 unspecified atom stereocenters. The Morgan fingerprint density at radius 1 is 1.50 bits per heavy atom. The molecule has 0 aromatic rings. The number of aliphatic carboxylic acids is 1. The zero-order valence-electron chi connectivity index (χ0n) is 5.26. The molecule has 0 atom stereocenters. The molecule has 3 N–H and O–H groups in total. The van der Waals surface area contributed by atoms with E-state index in [0.717, 1.165) is 14.0 Å². The minimum atomic E-state index is -1.08. The van der Waals surface area contributed by atoms with Gasteiger partial charge in [0, 0.05) is 13.1 Å². The van der Waals surface area contributed by atoms with E-state index in [1.165, 1.54) is 0 Å². The SMILES string of the molecule is CC(=O)[O-].CO.O.[Na+]. The van der Waals surface area contributed by atoms with Gasteiger partial charge in [0.25, 0.3) is 0 Å². The number of aliphatic hydroxyl groups is 1. The van der Waals surface area contributed by atoms with E-state index in [9.17, 15) is 0 Å². The summed E-state index contributed by atoms with van der Waals surface area (Å²) in [6, 6.07) is 0. The van der Waals surface area contributed by atoms with Gasteiger partial charge >= 0.3 is 29.6 Å². The number of carboxylic acid groups (broad SMARTS) is 1. The van der Waals surface area contributed by atoms with Crippen LogP contribution in [0.25, 0.3) is 0 Å². The summed E-state index contributed by atoms with van der Waals surface area (Å²) < 4.78 is 0. The molecule has 0 saturated heterocycles. The van der Waals surface area contributed by atoms with Crippen molar-refractivity contribution in [3.8, 4) is 0 Å². The molecule has 0 aromatic heterocycles. The number of rotatable bonds is 0. The Bertz CT molecular complexity index is 34.3. The zero-order valence-corrected chi connectivity index (χ0v) is 7.26. The molecule has 0 radical (unpaired) electrons. The summed E-state index contributed by atoms with van der Waals surface area (Å²) in [5.41, 5.74) is 0. The van der Waals surface area contributed by atoms with E-state index >= 15 is 0 Å². The molecule has 46 valence electrons. The molecule has 0 aliphatic rings. The molecule has 0 bridgehead atoms. The predicted molar refractivity (Wildman–Crippen MR) is 22.4 cm³/mol. The standard InChI is InChI=1S/C2H4O2.CH4O.Na.H2O/c1-2(3)4;1-2;;/h1H3,(H,3,4);2H,1H3;;1H2/q;;+1;/p-1. The Labute approximate surface area is 70.1 Å². The number of carboxylic acids is 1. The van der Waals surface area contributed by atoms with Crippen LogP contribution in [0.1, 0.15) is 6.92 Å². The van der Waals surface area contributed by atoms with Gasteiger partial charge in [0.2, 0.25) is 0 Å². The van der Waals surface area contributed by atoms with Crippen LogP contribution < -0.4 is 34.7 Å². The fraction of sp³-hybridized carbons (Fsp3) is 0.667. The molecule has 0 spiro atoms. The summed E-state index contributed by atoms with van der Waals surface area (Å²) in [5, 5.41) is 15.9. The molecule has 0 aliphatic heterocycles. The smallest absolute Gasteiger partial charge is 0.550 e. The van der Waals surface area contributed by atoms with Crippen LogP contribution in [0.5, 0.6) is 0 Å². The molecule has 4 nitrogen and oxygen atoms in total. The minimum Gasteiger partial charge on any atom is -0.550 e. The van der Waals surface area contributed by atoms with Crippen LogP contribution in [0, 0.1) is 0 Å². The van der Waals surface area contributed by atoms with Crippen LogP contribution in [0.3, 0.4) is 0 Å². The largest absolute Gasteiger partial charge is 1.00 e. The predicted octanol–water partition coefficient (Wildman–Crippen LogP) is -5.46. The Hall–Kier alpha value is 0.390. The van der Waals surface area contributed by atoms with Crippen LogP contribution in [-0.2, 0) is 4.79 Å². The Morgan fingerprint density at radius 3 is 1.50 bits per heavy atom. The third kappa shape index (κ3) is 1220. The summed E-state index contributed by atoms with van der Waals surface area (Å²) in [4.78, 5) is 8.89. The third-order valence-electron chi connectivity index (χ3n) is 0. The van der Waals surface area contributed by atoms with Crippen molar-refractivity contribution in [2.45, 2.75) is 6.92 Å². The first-order valence-electron chi connectivity index (χ1n) is 1.36. The van der Waals surface area contributed by atoms with E-state index < -0.39 is 5.97 Å². The van der Waals surface area contributed by atoms with Crippen LogP contribution in [0.15, 0.2) is 0 Å². The van der Waals surface area contributed by atoms with Crippen molar-refractivity contribution in [3.05, 3.63) is 0 Å². The van der Waals surface area contributed by atoms with E-state index in [1.54, 1.807) is 0 Å². The molecule has 0 aromatic carbocycles. The quantitative estimate of drug-likeness (QED) is 0.333. The fourth-order valence-electron chi connectivity index (χ4n) is 0. The van der Waals surface area contributed by atoms with E-state index in [-0.39, 0.29) is 35.0 Å². The normalized spacial score (nSPS) is 3.88. The van der Waals surface area contributed by atoms with Crippen LogP contribution in [0.2, 0.25) is 0 Å². The molecule has 8 heavy (non-hydrogen) atoms. The maximum Gasteiger partial charge on any atom is 1.00 e. The number of hydrogen-bond donors (Lipinski definition) is 1. The van der Waals surface area contributed by atoms with Gasteiger partial charge in [-0.05, 0) is 6.92 Å². The van der Waals surface area contributed by atoms with Gasteiger partial charge in [-0.15, -0.1) is 0 Å². The molecule has 0 amide bonds. The number of carbonyl (C=O) groups is 1. The topological polar surface area (TPSA) is 91.9 Å². The van der Waals surface area contributed by atoms with Crippen molar-refractivity contribution in [1.82, 2.24) is 0 Å². The molecular formula is C3H9NaO4. The summed E-state index contributed by atoms with van der Waals surface area (Å²) in [7, 11) is 1.00. The molecule has 0 heterocycles. The van der Waals surface area contributed by atoms with Crippen molar-refractivity contribution in [3.63, 3.8) is 0 Å². The van der Waals surface area contributed by atoms with Gasteiger partial charge in [0.15, 0.2) is 0 Å². The summed E-state index contributed by atoms with van der Waals surface area (Å²) in [6.07, 6.45) is 0. The monoisotopic (exact) mass is 132 g/mol. The Morgan fingerprint density at radius 2 is 1.50 bits per heavy atom. The van der Waals surface area contributed by atoms with Crippen molar-refractivity contribution in [2.24, 2.45) is 0 Å². The van der Waals surface area contributed by atoms with Gasteiger partial charge in [-0.1, -0.05) is 0 Å². The van der Waals surface area contributed by atoms with E-state index in [4.69, 9.17) is 15.0 Å². The first-order chi connectivity index (χ1) is 2.73. The van der Waals surface area contributed by atoms with E-state index in [2.05, 4.69) is 0 Å². The van der Waals surface area contributed by atoms with Crippen LogP contribution in [-0.4, -0.2) is 23.7 Å². The minimum absolute atomic E-state index is 0. The van der Waals surface area contributed by atoms with Gasteiger partial charge in [-0.25, -0.2) is 0 Å². The summed E-state index contributed by atoms with van der Waals surface area (Å²) in [6.45, 7) is 0.972. The fourth-order valence-corrected chi connectivity index (χ4v) is 0. The van der Waals surface area contributed by atoms with Gasteiger partial charge < -0.3 is 20.5 Å². The second-order valence-electron chi connectivity index (χ2n) is 0.492. The molecule has 5 heteroatoms. The van der Waals surface area contributed by atoms with Gasteiger partial charge in [0.05, 0.1) is 0 Å². The molecule has 0 fully saturated rings. The van der Waals surface area contributed by atoms with Crippen molar-refractivity contribution < 1.29 is 50.0 Å². The first-order valence-corrected chi connectivity index (χ1v) is 1.36. The van der Waals surface area contributed by atoms with E-state index in [0.29, 0.717) is 0 Å². The number of carbonyl (C=O) groups excluding carboxylic acids is 1. The summed E-state index contributed by atoms with van der Waals surface area (Å²) in [5.74, 6) is -1.08. The Balaban J connectivity index is -0.0000000183. The van der Waals surface area contributed by atoms with Crippen molar-refractivity contribution in [2.75, 3.05) is 7.11 Å². The van der Waals surface area contributed by atoms with Gasteiger partial charge in [-0.2, -0.15) is 0 Å². The average Bonchev–Trinajstić information content (AvgIpc) is 1.41. The second kappa shape index (κ2) is 26.3. The molecule has 0 saturated carbocycles. The van der Waals surface area contributed by atoms with E-state index in [1.807, 2.05) is 0 Å². The third-order valence-corrected chi connectivity index (χ3v) is 0. The molecule has 0 aliphatic carbocycles. The van der Waals surface area contributed by atoms with Crippen LogP contribution >= 0.6 is 0 Å². The first kappa shape index (κ1) is 23.8. The zero-order chi connectivity index (χ0) is 5.58. The van der Waals surface area contributed by atoms with Crippen molar-refractivity contribution >= 4 is 5.97 Å². The number of aliphatic hydroxyl groups excluding tert-OH is 1. The Kier molecular flexibility index (Phi) is 78.0. The number of hydrogen-bond acceptors (Lipinski definition) is 3. The van der Waals surface area contributed by atoms with Gasteiger partial charge in [0.1, 0.15) is 0 Å². The maximum atomic E-state index is 8.89. The van der Waals surface area contributed by atoms with Crippen LogP contribution in [0.4, 0.5) is 0 Å². The van der Waals surface area contributed by atoms with Gasteiger partial charge in [-0.3, -0.25) is 0 Å². The van der Waals surface area contributed by atoms with Crippen molar-refractivity contribution in [1.29, 1.82) is 0 Å².